The second-order valence-electron chi connectivity index (χ2n) is 5.63. The Balaban J connectivity index is 2.10. The van der Waals surface area contributed by atoms with Crippen LogP contribution >= 0.6 is 11.6 Å². The Hall–Kier alpha value is -2.80. The van der Waals surface area contributed by atoms with Crippen LogP contribution in [0.25, 0.3) is 11.1 Å². The highest BCUT2D eigenvalue weighted by Crippen LogP contribution is 2.32. The van der Waals surface area contributed by atoms with E-state index < -0.39 is 5.91 Å². The molecule has 25 heavy (non-hydrogen) atoms. The van der Waals surface area contributed by atoms with Crippen LogP contribution in [0.4, 0.5) is 5.69 Å². The molecule has 1 aromatic carbocycles. The van der Waals surface area contributed by atoms with Crippen LogP contribution in [0.15, 0.2) is 27.7 Å². The number of rotatable bonds is 3. The number of hydrogen-bond acceptors (Lipinski definition) is 5. The van der Waals surface area contributed by atoms with Gasteiger partial charge in [-0.2, -0.15) is 0 Å². The maximum atomic E-state index is 12.8. The predicted molar refractivity (Wildman–Crippen MR) is 94.7 cm³/mol. The van der Waals surface area contributed by atoms with E-state index >= 15 is 0 Å². The van der Waals surface area contributed by atoms with Crippen LogP contribution in [-0.4, -0.2) is 22.6 Å². The number of nitrogens with one attached hydrogen (secondary N) is 1. The van der Waals surface area contributed by atoms with Gasteiger partial charge in [0.05, 0.1) is 18.4 Å². The van der Waals surface area contributed by atoms with Crippen LogP contribution in [0, 0.1) is 13.8 Å². The number of nitrogens with zero attached hydrogens (tertiary/aromatic N) is 2. The number of halogens is 1. The van der Waals surface area contributed by atoms with Gasteiger partial charge in [-0.15, -0.1) is 0 Å². The van der Waals surface area contributed by atoms with Crippen molar-refractivity contribution in [3.8, 4) is 5.75 Å². The van der Waals surface area contributed by atoms with Crippen molar-refractivity contribution in [2.75, 3.05) is 12.4 Å². The largest absolute Gasteiger partial charge is 0.495 e. The van der Waals surface area contributed by atoms with Crippen molar-refractivity contribution in [1.29, 1.82) is 0 Å². The Morgan fingerprint density at radius 3 is 2.76 bits per heavy atom. The number of carbonyl (C=O) groups excluding carboxylic acids is 1. The summed E-state index contributed by atoms with van der Waals surface area (Å²) in [7, 11) is 3.04. The number of hydrogen-bond donors (Lipinski definition) is 1. The summed E-state index contributed by atoms with van der Waals surface area (Å²) >= 11 is 6.08. The quantitative estimate of drug-likeness (QED) is 0.774. The third-order valence-corrected chi connectivity index (χ3v) is 4.31. The number of carbonyl (C=O) groups is 1. The summed E-state index contributed by atoms with van der Waals surface area (Å²) < 4.78 is 12.0. The van der Waals surface area contributed by atoms with E-state index in [2.05, 4.69) is 10.3 Å². The van der Waals surface area contributed by atoms with E-state index in [4.69, 9.17) is 20.8 Å². The number of methoxy groups -OCH3 is 1. The molecule has 2 heterocycles. The van der Waals surface area contributed by atoms with Gasteiger partial charge in [-0.05, 0) is 25.5 Å². The van der Waals surface area contributed by atoms with Crippen molar-refractivity contribution < 1.29 is 13.9 Å². The zero-order chi connectivity index (χ0) is 18.3. The lowest BCUT2D eigenvalue weighted by molar-refractivity contribution is 0.102. The van der Waals surface area contributed by atoms with E-state index in [-0.39, 0.29) is 22.2 Å². The zero-order valence-electron chi connectivity index (χ0n) is 14.1. The number of benzene rings is 1. The summed E-state index contributed by atoms with van der Waals surface area (Å²) in [6.07, 6.45) is 1.35. The van der Waals surface area contributed by atoms with E-state index in [0.717, 1.165) is 5.56 Å². The summed E-state index contributed by atoms with van der Waals surface area (Å²) in [6.45, 7) is 3.43. The summed E-state index contributed by atoms with van der Waals surface area (Å²) in [6, 6.07) is 3.32. The smallest absolute Gasteiger partial charge is 0.265 e. The molecule has 0 atom stereocenters. The number of furan rings is 1. The fraction of sp³-hybridized carbons (Fsp3) is 0.235. The van der Waals surface area contributed by atoms with E-state index in [1.807, 2.05) is 6.92 Å². The van der Waals surface area contributed by atoms with Gasteiger partial charge in [0, 0.05) is 18.1 Å². The first-order valence-corrected chi connectivity index (χ1v) is 7.81. The zero-order valence-corrected chi connectivity index (χ0v) is 14.9. The Morgan fingerprint density at radius 1 is 1.36 bits per heavy atom. The van der Waals surface area contributed by atoms with Crippen LogP contribution in [0.1, 0.15) is 21.7 Å². The molecular weight excluding hydrogens is 346 g/mol. The molecule has 0 aliphatic rings. The van der Waals surface area contributed by atoms with E-state index in [0.29, 0.717) is 22.2 Å². The molecule has 0 unspecified atom stereocenters. The third kappa shape index (κ3) is 2.87. The van der Waals surface area contributed by atoms with Crippen LogP contribution in [0.5, 0.6) is 5.75 Å². The molecule has 1 N–H and O–H groups in total. The summed E-state index contributed by atoms with van der Waals surface area (Å²) in [5.74, 6) is 0.245. The Labute approximate surface area is 148 Å². The standard InChI is InChI=1S/C17H16ClN3O4/c1-8-5-11(12(24-4)6-10(8)18)20-15(22)13-9(2)25-16-14(13)17(23)21(3)7-19-16/h5-7H,1-4H3,(H,20,22). The highest BCUT2D eigenvalue weighted by Gasteiger charge is 2.23. The number of aryl methyl sites for hydroxylation is 3. The second-order valence-corrected chi connectivity index (χ2v) is 6.04. The lowest BCUT2D eigenvalue weighted by Crippen LogP contribution is -2.20. The molecule has 0 fully saturated rings. The Kier molecular flexibility index (Phi) is 4.26. The molecule has 0 saturated carbocycles. The van der Waals surface area contributed by atoms with Crippen LogP contribution in [0.2, 0.25) is 5.02 Å². The first kappa shape index (κ1) is 17.0. The molecular formula is C17H16ClN3O4. The third-order valence-electron chi connectivity index (χ3n) is 3.90. The van der Waals surface area contributed by atoms with Gasteiger partial charge < -0.3 is 19.0 Å². The summed E-state index contributed by atoms with van der Waals surface area (Å²) in [4.78, 5) is 29.2. The fourth-order valence-electron chi connectivity index (χ4n) is 2.58. The van der Waals surface area contributed by atoms with Crippen molar-refractivity contribution in [3.63, 3.8) is 0 Å². The van der Waals surface area contributed by atoms with E-state index in [1.165, 1.54) is 18.0 Å². The molecule has 3 rings (SSSR count). The van der Waals surface area contributed by atoms with Gasteiger partial charge in [0.15, 0.2) is 0 Å². The van der Waals surface area contributed by atoms with Crippen molar-refractivity contribution in [2.45, 2.75) is 13.8 Å². The minimum atomic E-state index is -0.485. The minimum Gasteiger partial charge on any atom is -0.495 e. The predicted octanol–water partition coefficient (Wildman–Crippen LogP) is 3.06. The molecule has 3 aromatic rings. The van der Waals surface area contributed by atoms with Crippen molar-refractivity contribution in [2.24, 2.45) is 7.05 Å². The second kappa shape index (κ2) is 6.25. The summed E-state index contributed by atoms with van der Waals surface area (Å²) in [5.41, 5.74) is 1.16. The van der Waals surface area contributed by atoms with Gasteiger partial charge in [0.2, 0.25) is 5.71 Å². The molecule has 0 aliphatic heterocycles. The molecule has 0 aliphatic carbocycles. The molecule has 0 radical (unpaired) electrons. The number of anilines is 1. The van der Waals surface area contributed by atoms with Gasteiger partial charge >= 0.3 is 0 Å². The van der Waals surface area contributed by atoms with Crippen LogP contribution < -0.4 is 15.6 Å². The molecule has 7 nitrogen and oxygen atoms in total. The van der Waals surface area contributed by atoms with Gasteiger partial charge in [-0.25, -0.2) is 4.98 Å². The average Bonchev–Trinajstić information content (AvgIpc) is 2.91. The maximum Gasteiger partial charge on any atom is 0.265 e. The first-order valence-electron chi connectivity index (χ1n) is 7.43. The van der Waals surface area contributed by atoms with Crippen LogP contribution in [-0.2, 0) is 7.05 Å². The molecule has 0 spiro atoms. The molecule has 2 aromatic heterocycles. The summed E-state index contributed by atoms with van der Waals surface area (Å²) in [5, 5.41) is 3.42. The normalized spacial score (nSPS) is 10.9. The lowest BCUT2D eigenvalue weighted by Gasteiger charge is -2.12. The van der Waals surface area contributed by atoms with Crippen molar-refractivity contribution >= 4 is 34.3 Å². The van der Waals surface area contributed by atoms with Crippen LogP contribution in [0.3, 0.4) is 0 Å². The molecule has 0 bridgehead atoms. The Bertz CT molecular complexity index is 1050. The Morgan fingerprint density at radius 2 is 2.08 bits per heavy atom. The minimum absolute atomic E-state index is 0.130. The van der Waals surface area contributed by atoms with E-state index in [1.54, 1.807) is 26.1 Å². The highest BCUT2D eigenvalue weighted by molar-refractivity contribution is 6.31. The maximum absolute atomic E-state index is 12.8. The van der Waals surface area contributed by atoms with Gasteiger partial charge in [0.1, 0.15) is 23.2 Å². The molecule has 0 saturated heterocycles. The fourth-order valence-corrected chi connectivity index (χ4v) is 2.73. The molecule has 8 heteroatoms. The van der Waals surface area contributed by atoms with E-state index in [9.17, 15) is 9.59 Å². The number of fused-ring (bicyclic) bond motifs is 1. The number of ether oxygens (including phenoxy) is 1. The average molecular weight is 362 g/mol. The highest BCUT2D eigenvalue weighted by atomic mass is 35.5. The monoisotopic (exact) mass is 361 g/mol. The molecule has 1 amide bonds. The van der Waals surface area contributed by atoms with Gasteiger partial charge in [0.25, 0.3) is 11.5 Å². The van der Waals surface area contributed by atoms with Gasteiger partial charge in [-0.3, -0.25) is 9.59 Å². The lowest BCUT2D eigenvalue weighted by atomic mass is 10.1. The van der Waals surface area contributed by atoms with Crippen molar-refractivity contribution in [3.05, 3.63) is 50.7 Å². The number of amides is 1. The van der Waals surface area contributed by atoms with Gasteiger partial charge in [-0.1, -0.05) is 11.6 Å². The first-order chi connectivity index (χ1) is 11.8. The topological polar surface area (TPSA) is 86.4 Å². The van der Waals surface area contributed by atoms with Crippen molar-refractivity contribution in [1.82, 2.24) is 9.55 Å². The SMILES string of the molecule is COc1cc(Cl)c(C)cc1NC(=O)c1c(C)oc2ncn(C)c(=O)c12. The molecule has 130 valence electrons. The number of aromatic nitrogens is 2.